The number of aromatic nitrogens is 7. The number of hydrogen-bond acceptors (Lipinski definition) is 6. The molecule has 24 heavy (non-hydrogen) atoms. The monoisotopic (exact) mass is 320 g/mol. The quantitative estimate of drug-likeness (QED) is 0.570. The van der Waals surface area contributed by atoms with Gasteiger partial charge in [0.05, 0.1) is 35.0 Å². The van der Waals surface area contributed by atoms with Gasteiger partial charge in [0, 0.05) is 31.5 Å². The minimum absolute atomic E-state index is 0.194. The molecule has 0 radical (unpaired) electrons. The number of nitrogens with two attached hydrogens (primary N) is 1. The number of rotatable bonds is 3. The van der Waals surface area contributed by atoms with Gasteiger partial charge in [-0.1, -0.05) is 0 Å². The highest BCUT2D eigenvalue weighted by Gasteiger charge is 2.25. The Morgan fingerprint density at radius 3 is 2.71 bits per heavy atom. The van der Waals surface area contributed by atoms with Crippen LogP contribution in [0.25, 0.3) is 11.0 Å². The lowest BCUT2D eigenvalue weighted by molar-refractivity contribution is 0.741. The van der Waals surface area contributed by atoms with E-state index in [4.69, 9.17) is 10.7 Å². The Kier molecular flexibility index (Phi) is 3.23. The topological polar surface area (TPSA) is 100 Å². The first-order chi connectivity index (χ1) is 11.6. The lowest BCUT2D eigenvalue weighted by atomic mass is 9.98. The Labute approximate surface area is 138 Å². The summed E-state index contributed by atoms with van der Waals surface area (Å²) in [5.41, 5.74) is 9.81. The molecule has 4 rings (SSSR count). The predicted molar refractivity (Wildman–Crippen MR) is 89.1 cm³/mol. The summed E-state index contributed by atoms with van der Waals surface area (Å²) in [7, 11) is 3.79. The number of anilines is 1. The van der Waals surface area contributed by atoms with Gasteiger partial charge in [-0.2, -0.15) is 5.10 Å². The van der Waals surface area contributed by atoms with E-state index >= 15 is 0 Å². The normalized spacial score (nSPS) is 12.6. The van der Waals surface area contributed by atoms with Crippen LogP contribution in [0.5, 0.6) is 0 Å². The Morgan fingerprint density at radius 1 is 1.12 bits per heavy atom. The van der Waals surface area contributed by atoms with Crippen molar-refractivity contribution in [3.63, 3.8) is 0 Å². The molecule has 0 aliphatic rings. The van der Waals surface area contributed by atoms with Crippen molar-refractivity contribution in [3.05, 3.63) is 60.2 Å². The molecule has 0 aliphatic heterocycles. The molecule has 1 aromatic carbocycles. The minimum atomic E-state index is -0.194. The van der Waals surface area contributed by atoms with Gasteiger partial charge in [-0.3, -0.25) is 9.67 Å². The molecular formula is C16H16N8. The summed E-state index contributed by atoms with van der Waals surface area (Å²) in [6.45, 7) is 0. The smallest absolute Gasteiger partial charge is 0.146 e. The Balaban J connectivity index is 1.90. The van der Waals surface area contributed by atoms with Crippen LogP contribution in [0.15, 0.2) is 43.1 Å². The first kappa shape index (κ1) is 14.3. The lowest BCUT2D eigenvalue weighted by Gasteiger charge is -2.14. The fraction of sp³-hybridized carbons (Fsp3) is 0.188. The van der Waals surface area contributed by atoms with E-state index in [9.17, 15) is 0 Å². The van der Waals surface area contributed by atoms with Crippen LogP contribution in [0.4, 0.5) is 5.69 Å². The SMILES string of the molecule is Cn1cc([C@@H](c2cnc3cc(N)ccc3n2)c2nncn2C)cn1. The number of benzene rings is 1. The number of nitrogen functional groups attached to an aromatic ring is 1. The molecule has 4 aromatic rings. The Hall–Kier alpha value is -3.29. The van der Waals surface area contributed by atoms with Crippen LogP contribution >= 0.6 is 0 Å². The highest BCUT2D eigenvalue weighted by atomic mass is 15.3. The third-order valence-electron chi connectivity index (χ3n) is 3.94. The average molecular weight is 320 g/mol. The second-order valence-corrected chi connectivity index (χ2v) is 5.72. The molecule has 0 fully saturated rings. The summed E-state index contributed by atoms with van der Waals surface area (Å²) < 4.78 is 3.64. The van der Waals surface area contributed by atoms with E-state index in [1.165, 1.54) is 0 Å². The summed E-state index contributed by atoms with van der Waals surface area (Å²) >= 11 is 0. The first-order valence-electron chi connectivity index (χ1n) is 7.46. The standard InChI is InChI=1S/C16H16N8/c1-23-9-19-22-16(23)15(10-6-20-24(2)8-10)14-7-18-13-5-11(17)3-4-12(13)21-14/h3-9,15H,17H2,1-2H3/t15-/m0/s1. The van der Waals surface area contributed by atoms with E-state index in [-0.39, 0.29) is 5.92 Å². The molecule has 0 saturated carbocycles. The van der Waals surface area contributed by atoms with Gasteiger partial charge in [-0.05, 0) is 18.2 Å². The van der Waals surface area contributed by atoms with Crippen molar-refractivity contribution in [1.82, 2.24) is 34.5 Å². The van der Waals surface area contributed by atoms with Gasteiger partial charge >= 0.3 is 0 Å². The molecule has 0 unspecified atom stereocenters. The van der Waals surface area contributed by atoms with E-state index in [0.29, 0.717) is 5.69 Å². The largest absolute Gasteiger partial charge is 0.399 e. The van der Waals surface area contributed by atoms with E-state index < -0.39 is 0 Å². The molecule has 1 atom stereocenters. The van der Waals surface area contributed by atoms with Crippen molar-refractivity contribution in [2.75, 3.05) is 5.73 Å². The molecule has 0 aliphatic carbocycles. The van der Waals surface area contributed by atoms with Crippen LogP contribution in [-0.4, -0.2) is 34.5 Å². The maximum absolute atomic E-state index is 5.81. The maximum Gasteiger partial charge on any atom is 0.146 e. The van der Waals surface area contributed by atoms with Crippen LogP contribution in [-0.2, 0) is 14.1 Å². The second kappa shape index (κ2) is 5.41. The summed E-state index contributed by atoms with van der Waals surface area (Å²) in [6, 6.07) is 5.51. The molecule has 3 aromatic heterocycles. The Bertz CT molecular complexity index is 1020. The molecule has 0 saturated heterocycles. The fourth-order valence-electron chi connectivity index (χ4n) is 2.78. The molecule has 120 valence electrons. The van der Waals surface area contributed by atoms with E-state index in [0.717, 1.165) is 28.1 Å². The van der Waals surface area contributed by atoms with Gasteiger partial charge in [0.1, 0.15) is 12.2 Å². The lowest BCUT2D eigenvalue weighted by Crippen LogP contribution is -2.11. The zero-order valence-electron chi connectivity index (χ0n) is 13.3. The molecule has 0 bridgehead atoms. The minimum Gasteiger partial charge on any atom is -0.399 e. The van der Waals surface area contributed by atoms with Crippen LogP contribution < -0.4 is 5.73 Å². The average Bonchev–Trinajstić information content (AvgIpc) is 3.17. The van der Waals surface area contributed by atoms with Gasteiger partial charge in [0.15, 0.2) is 0 Å². The van der Waals surface area contributed by atoms with Crippen molar-refractivity contribution in [3.8, 4) is 0 Å². The van der Waals surface area contributed by atoms with Crippen LogP contribution in [0.1, 0.15) is 23.0 Å². The zero-order valence-corrected chi connectivity index (χ0v) is 13.3. The maximum atomic E-state index is 5.81. The zero-order chi connectivity index (χ0) is 16.7. The van der Waals surface area contributed by atoms with E-state index in [1.54, 1.807) is 17.2 Å². The third-order valence-corrected chi connectivity index (χ3v) is 3.94. The van der Waals surface area contributed by atoms with E-state index in [2.05, 4.69) is 20.3 Å². The number of aryl methyl sites for hydroxylation is 2. The molecule has 8 nitrogen and oxygen atoms in total. The van der Waals surface area contributed by atoms with E-state index in [1.807, 2.05) is 49.3 Å². The van der Waals surface area contributed by atoms with Gasteiger partial charge in [-0.25, -0.2) is 4.98 Å². The van der Waals surface area contributed by atoms with Crippen molar-refractivity contribution < 1.29 is 0 Å². The number of fused-ring (bicyclic) bond motifs is 1. The van der Waals surface area contributed by atoms with Crippen LogP contribution in [0.2, 0.25) is 0 Å². The van der Waals surface area contributed by atoms with Crippen molar-refractivity contribution in [2.24, 2.45) is 14.1 Å². The van der Waals surface area contributed by atoms with Gasteiger partial charge in [0.25, 0.3) is 0 Å². The highest BCUT2D eigenvalue weighted by Crippen LogP contribution is 2.29. The second-order valence-electron chi connectivity index (χ2n) is 5.72. The Morgan fingerprint density at radius 2 is 2.00 bits per heavy atom. The predicted octanol–water partition coefficient (Wildman–Crippen LogP) is 1.25. The van der Waals surface area contributed by atoms with Crippen LogP contribution in [0.3, 0.4) is 0 Å². The molecule has 2 N–H and O–H groups in total. The van der Waals surface area contributed by atoms with Crippen molar-refractivity contribution >= 4 is 16.7 Å². The summed E-state index contributed by atoms with van der Waals surface area (Å²) in [6.07, 6.45) is 7.20. The van der Waals surface area contributed by atoms with Crippen molar-refractivity contribution in [2.45, 2.75) is 5.92 Å². The fourth-order valence-corrected chi connectivity index (χ4v) is 2.78. The molecule has 8 heteroatoms. The first-order valence-corrected chi connectivity index (χ1v) is 7.46. The number of hydrogen-bond donors (Lipinski definition) is 1. The summed E-state index contributed by atoms with van der Waals surface area (Å²) in [5.74, 6) is 0.591. The third kappa shape index (κ3) is 2.37. The van der Waals surface area contributed by atoms with Crippen LogP contribution in [0, 0.1) is 0 Å². The van der Waals surface area contributed by atoms with Crippen molar-refractivity contribution in [1.29, 1.82) is 0 Å². The summed E-state index contributed by atoms with van der Waals surface area (Å²) in [5, 5.41) is 12.5. The molecular weight excluding hydrogens is 304 g/mol. The molecule has 0 spiro atoms. The summed E-state index contributed by atoms with van der Waals surface area (Å²) in [4.78, 5) is 9.27. The molecule has 0 amide bonds. The van der Waals surface area contributed by atoms with Gasteiger partial charge in [0.2, 0.25) is 0 Å². The molecule has 3 heterocycles. The van der Waals surface area contributed by atoms with Gasteiger partial charge in [-0.15, -0.1) is 10.2 Å². The highest BCUT2D eigenvalue weighted by molar-refractivity contribution is 5.78. The number of nitrogens with zero attached hydrogens (tertiary/aromatic N) is 7. The van der Waals surface area contributed by atoms with Gasteiger partial charge < -0.3 is 10.3 Å².